The van der Waals surface area contributed by atoms with Crippen molar-refractivity contribution in [3.05, 3.63) is 0 Å². The molecule has 0 amide bonds. The second kappa shape index (κ2) is 6.84. The van der Waals surface area contributed by atoms with Crippen LogP contribution in [0.4, 0.5) is 0 Å². The van der Waals surface area contributed by atoms with Gasteiger partial charge in [0.25, 0.3) is 0 Å². The molecule has 0 aromatic carbocycles. The maximum absolute atomic E-state index is 5.82. The molecular formula is C13H28N4. The molecule has 17 heavy (non-hydrogen) atoms. The van der Waals surface area contributed by atoms with Gasteiger partial charge in [0.05, 0.1) is 6.54 Å². The first kappa shape index (κ1) is 14.3. The summed E-state index contributed by atoms with van der Waals surface area (Å²) in [7, 11) is 0. The molecule has 1 heterocycles. The van der Waals surface area contributed by atoms with Gasteiger partial charge in [0, 0.05) is 12.1 Å². The summed E-state index contributed by atoms with van der Waals surface area (Å²) in [4.78, 5) is 6.99. The molecule has 0 unspecified atom stereocenters. The molecule has 3 N–H and O–H groups in total. The second-order valence-corrected chi connectivity index (χ2v) is 5.49. The van der Waals surface area contributed by atoms with Gasteiger partial charge in [-0.1, -0.05) is 13.3 Å². The number of guanidine groups is 1. The first-order valence-electron chi connectivity index (χ1n) is 6.85. The lowest BCUT2D eigenvalue weighted by molar-refractivity contribution is 0.102. The quantitative estimate of drug-likeness (QED) is 0.566. The SMILES string of the molecule is CCCNC(N)=NCC(C)(C)N1CCCCC1. The van der Waals surface area contributed by atoms with Crippen molar-refractivity contribution in [1.82, 2.24) is 10.2 Å². The second-order valence-electron chi connectivity index (χ2n) is 5.49. The first-order valence-corrected chi connectivity index (χ1v) is 6.85. The molecule has 100 valence electrons. The largest absolute Gasteiger partial charge is 0.370 e. The van der Waals surface area contributed by atoms with Crippen molar-refractivity contribution in [2.24, 2.45) is 10.7 Å². The lowest BCUT2D eigenvalue weighted by Gasteiger charge is -2.40. The third-order valence-corrected chi connectivity index (χ3v) is 3.40. The first-order chi connectivity index (χ1) is 8.06. The lowest BCUT2D eigenvalue weighted by Crippen LogP contribution is -2.49. The molecule has 0 spiro atoms. The van der Waals surface area contributed by atoms with Crippen molar-refractivity contribution in [3.63, 3.8) is 0 Å². The monoisotopic (exact) mass is 240 g/mol. The number of hydrogen-bond donors (Lipinski definition) is 2. The van der Waals surface area contributed by atoms with Gasteiger partial charge in [-0.15, -0.1) is 0 Å². The number of aliphatic imine (C=N–C) groups is 1. The Kier molecular flexibility index (Phi) is 5.75. The zero-order valence-electron chi connectivity index (χ0n) is 11.6. The minimum absolute atomic E-state index is 0.124. The number of nitrogens with zero attached hydrogens (tertiary/aromatic N) is 2. The van der Waals surface area contributed by atoms with Gasteiger partial charge in [0.15, 0.2) is 5.96 Å². The third-order valence-electron chi connectivity index (χ3n) is 3.40. The maximum Gasteiger partial charge on any atom is 0.188 e. The number of hydrogen-bond acceptors (Lipinski definition) is 2. The fraction of sp³-hybridized carbons (Fsp3) is 0.923. The summed E-state index contributed by atoms with van der Waals surface area (Å²) in [6.45, 7) is 10.7. The van der Waals surface area contributed by atoms with Crippen molar-refractivity contribution >= 4 is 5.96 Å². The van der Waals surface area contributed by atoms with Crippen LogP contribution in [0.2, 0.25) is 0 Å². The van der Waals surface area contributed by atoms with E-state index in [9.17, 15) is 0 Å². The van der Waals surface area contributed by atoms with Crippen LogP contribution >= 0.6 is 0 Å². The molecule has 1 fully saturated rings. The summed E-state index contributed by atoms with van der Waals surface area (Å²) in [5.74, 6) is 0.580. The van der Waals surface area contributed by atoms with Crippen LogP contribution in [-0.2, 0) is 0 Å². The maximum atomic E-state index is 5.82. The average molecular weight is 240 g/mol. The summed E-state index contributed by atoms with van der Waals surface area (Å²) in [5, 5.41) is 3.12. The van der Waals surface area contributed by atoms with Crippen LogP contribution in [0, 0.1) is 0 Å². The van der Waals surface area contributed by atoms with Crippen LogP contribution in [0.1, 0.15) is 46.5 Å². The van der Waals surface area contributed by atoms with Gasteiger partial charge in [-0.25, -0.2) is 0 Å². The smallest absolute Gasteiger partial charge is 0.188 e. The molecule has 0 radical (unpaired) electrons. The highest BCUT2D eigenvalue weighted by molar-refractivity contribution is 5.77. The minimum atomic E-state index is 0.124. The summed E-state index contributed by atoms with van der Waals surface area (Å²) in [6, 6.07) is 0. The number of piperidine rings is 1. The molecule has 1 aliphatic heterocycles. The molecule has 0 bridgehead atoms. The van der Waals surface area contributed by atoms with E-state index in [2.05, 4.69) is 36.0 Å². The summed E-state index contributed by atoms with van der Waals surface area (Å²) in [6.07, 6.45) is 5.08. The predicted molar refractivity (Wildman–Crippen MR) is 74.3 cm³/mol. The molecule has 0 saturated carbocycles. The highest BCUT2D eigenvalue weighted by Gasteiger charge is 2.27. The summed E-state index contributed by atoms with van der Waals surface area (Å²) < 4.78 is 0. The van der Waals surface area contributed by atoms with Crippen LogP contribution in [0.5, 0.6) is 0 Å². The topological polar surface area (TPSA) is 53.6 Å². The molecule has 0 atom stereocenters. The van der Waals surface area contributed by atoms with E-state index in [-0.39, 0.29) is 5.54 Å². The third kappa shape index (κ3) is 4.94. The summed E-state index contributed by atoms with van der Waals surface area (Å²) in [5.41, 5.74) is 5.94. The number of rotatable bonds is 5. The van der Waals surface area contributed by atoms with E-state index < -0.39 is 0 Å². The highest BCUT2D eigenvalue weighted by Crippen LogP contribution is 2.20. The van der Waals surface area contributed by atoms with E-state index in [1.54, 1.807) is 0 Å². The van der Waals surface area contributed by atoms with Crippen molar-refractivity contribution in [3.8, 4) is 0 Å². The Balaban J connectivity index is 2.41. The zero-order chi connectivity index (χ0) is 12.7. The Morgan fingerprint density at radius 2 is 1.94 bits per heavy atom. The van der Waals surface area contributed by atoms with E-state index in [1.807, 2.05) is 0 Å². The molecular weight excluding hydrogens is 212 g/mol. The summed E-state index contributed by atoms with van der Waals surface area (Å²) >= 11 is 0. The van der Waals surface area contributed by atoms with Gasteiger partial charge in [0.1, 0.15) is 0 Å². The fourth-order valence-electron chi connectivity index (χ4n) is 2.19. The van der Waals surface area contributed by atoms with E-state index >= 15 is 0 Å². The molecule has 4 heteroatoms. The average Bonchev–Trinajstić information content (AvgIpc) is 2.35. The predicted octanol–water partition coefficient (Wildman–Crippen LogP) is 1.57. The van der Waals surface area contributed by atoms with Crippen LogP contribution < -0.4 is 11.1 Å². The Morgan fingerprint density at radius 1 is 1.29 bits per heavy atom. The zero-order valence-corrected chi connectivity index (χ0v) is 11.6. The number of likely N-dealkylation sites (tertiary alicyclic amines) is 1. The number of nitrogens with two attached hydrogens (primary N) is 1. The van der Waals surface area contributed by atoms with E-state index in [0.29, 0.717) is 5.96 Å². The normalized spacial score (nSPS) is 19.4. The van der Waals surface area contributed by atoms with Crippen LogP contribution in [0.25, 0.3) is 0 Å². The van der Waals surface area contributed by atoms with Crippen molar-refractivity contribution in [1.29, 1.82) is 0 Å². The Bertz CT molecular complexity index is 242. The van der Waals surface area contributed by atoms with Crippen LogP contribution in [0.15, 0.2) is 4.99 Å². The van der Waals surface area contributed by atoms with Crippen LogP contribution in [-0.4, -0.2) is 42.6 Å². The van der Waals surface area contributed by atoms with Gasteiger partial charge in [0.2, 0.25) is 0 Å². The van der Waals surface area contributed by atoms with Crippen LogP contribution in [0.3, 0.4) is 0 Å². The van der Waals surface area contributed by atoms with Gasteiger partial charge in [-0.2, -0.15) is 0 Å². The van der Waals surface area contributed by atoms with Crippen molar-refractivity contribution in [2.45, 2.75) is 52.0 Å². The van der Waals surface area contributed by atoms with Crippen molar-refractivity contribution < 1.29 is 0 Å². The molecule has 1 rings (SSSR count). The highest BCUT2D eigenvalue weighted by atomic mass is 15.2. The molecule has 4 nitrogen and oxygen atoms in total. The van der Waals surface area contributed by atoms with E-state index in [0.717, 1.165) is 19.5 Å². The standard InChI is InChI=1S/C13H28N4/c1-4-8-15-12(14)16-11-13(2,3)17-9-6-5-7-10-17/h4-11H2,1-3H3,(H3,14,15,16). The number of nitrogens with one attached hydrogen (secondary N) is 1. The molecule has 1 saturated heterocycles. The van der Waals surface area contributed by atoms with E-state index in [4.69, 9.17) is 5.73 Å². The van der Waals surface area contributed by atoms with Gasteiger partial charge in [-0.05, 0) is 46.2 Å². The Labute approximate surface area is 106 Å². The molecule has 0 aromatic rings. The van der Waals surface area contributed by atoms with Gasteiger partial charge in [-0.3, -0.25) is 9.89 Å². The van der Waals surface area contributed by atoms with Gasteiger partial charge >= 0.3 is 0 Å². The van der Waals surface area contributed by atoms with Gasteiger partial charge < -0.3 is 11.1 Å². The lowest BCUT2D eigenvalue weighted by atomic mass is 9.99. The Hall–Kier alpha value is -0.770. The molecule has 1 aliphatic rings. The molecule has 0 aliphatic carbocycles. The van der Waals surface area contributed by atoms with E-state index in [1.165, 1.54) is 32.4 Å². The minimum Gasteiger partial charge on any atom is -0.370 e. The van der Waals surface area contributed by atoms with Crippen molar-refractivity contribution in [2.75, 3.05) is 26.2 Å². The Morgan fingerprint density at radius 3 is 2.53 bits per heavy atom. The fourth-order valence-corrected chi connectivity index (χ4v) is 2.19. The molecule has 0 aromatic heterocycles.